The van der Waals surface area contributed by atoms with Gasteiger partial charge in [0.25, 0.3) is 0 Å². The van der Waals surface area contributed by atoms with Gasteiger partial charge in [-0.25, -0.2) is 4.79 Å². The molecule has 1 saturated carbocycles. The predicted octanol–water partition coefficient (Wildman–Crippen LogP) is 4.23. The highest BCUT2D eigenvalue weighted by molar-refractivity contribution is 6.32. The fourth-order valence-electron chi connectivity index (χ4n) is 5.19. The molecule has 1 aliphatic heterocycles. The van der Waals surface area contributed by atoms with Crippen LogP contribution in [0.1, 0.15) is 64.0 Å². The van der Waals surface area contributed by atoms with Crippen LogP contribution in [-0.2, 0) is 4.74 Å². The van der Waals surface area contributed by atoms with Crippen molar-refractivity contribution in [2.24, 2.45) is 0 Å². The first-order chi connectivity index (χ1) is 13.9. The van der Waals surface area contributed by atoms with Gasteiger partial charge < -0.3 is 9.72 Å². The van der Waals surface area contributed by atoms with Crippen LogP contribution in [0.2, 0.25) is 5.02 Å². The van der Waals surface area contributed by atoms with Crippen molar-refractivity contribution in [2.75, 3.05) is 19.7 Å². The SMILES string of the molecule is CCO[C@H]1CC[C@](C)(N2CCC(n3c(=O)[nH]c4cc(Cl)c(C#N)cc43)CC2)CC1. The van der Waals surface area contributed by atoms with Crippen LogP contribution in [0, 0.1) is 11.3 Å². The first-order valence-corrected chi connectivity index (χ1v) is 11.0. The standard InChI is InChI=1S/C22H29ClN4O2/c1-3-29-17-4-8-22(2,9-5-17)26-10-6-16(7-11-26)27-20-12-15(14-24)18(23)13-19(20)25-21(27)28/h12-13,16-17H,3-11H2,1-2H3,(H,25,28)/t17-,22-. The third kappa shape index (κ3) is 3.84. The molecule has 0 unspecified atom stereocenters. The molecule has 1 aliphatic carbocycles. The number of fused-ring (bicyclic) bond motifs is 1. The number of hydrogen-bond acceptors (Lipinski definition) is 4. The first kappa shape index (κ1) is 20.5. The zero-order valence-corrected chi connectivity index (χ0v) is 18.0. The van der Waals surface area contributed by atoms with Gasteiger partial charge in [0.15, 0.2) is 0 Å². The van der Waals surface area contributed by atoms with Crippen LogP contribution in [0.15, 0.2) is 16.9 Å². The molecule has 4 rings (SSSR count). The van der Waals surface area contributed by atoms with Crippen molar-refractivity contribution in [3.63, 3.8) is 0 Å². The molecule has 0 spiro atoms. The lowest BCUT2D eigenvalue weighted by molar-refractivity contribution is -0.0273. The molecule has 0 radical (unpaired) electrons. The number of piperidine rings is 1. The van der Waals surface area contributed by atoms with Crippen molar-refractivity contribution in [1.29, 1.82) is 5.26 Å². The predicted molar refractivity (Wildman–Crippen MR) is 114 cm³/mol. The van der Waals surface area contributed by atoms with E-state index in [1.165, 1.54) is 12.8 Å². The Balaban J connectivity index is 1.49. The molecule has 2 fully saturated rings. The molecule has 2 aliphatic rings. The summed E-state index contributed by atoms with van der Waals surface area (Å²) in [5.41, 5.74) is 1.99. The van der Waals surface area contributed by atoms with Gasteiger partial charge in [-0.1, -0.05) is 11.6 Å². The number of nitrogens with zero attached hydrogens (tertiary/aromatic N) is 3. The molecule has 156 valence electrons. The van der Waals surface area contributed by atoms with Crippen LogP contribution < -0.4 is 5.69 Å². The Hall–Kier alpha value is -1.81. The molecule has 1 saturated heterocycles. The van der Waals surface area contributed by atoms with E-state index in [0.717, 1.165) is 50.9 Å². The van der Waals surface area contributed by atoms with E-state index in [0.29, 0.717) is 22.2 Å². The molecule has 29 heavy (non-hydrogen) atoms. The molecule has 0 amide bonds. The van der Waals surface area contributed by atoms with E-state index in [9.17, 15) is 10.1 Å². The van der Waals surface area contributed by atoms with Crippen LogP contribution in [0.4, 0.5) is 0 Å². The molecule has 1 N–H and O–H groups in total. The van der Waals surface area contributed by atoms with E-state index in [1.54, 1.807) is 12.1 Å². The molecule has 0 bridgehead atoms. The molecule has 2 heterocycles. The number of halogens is 1. The smallest absolute Gasteiger partial charge is 0.326 e. The van der Waals surface area contributed by atoms with Crippen LogP contribution in [0.25, 0.3) is 11.0 Å². The maximum atomic E-state index is 12.6. The minimum Gasteiger partial charge on any atom is -0.379 e. The fourth-order valence-corrected chi connectivity index (χ4v) is 5.40. The minimum atomic E-state index is -0.118. The van der Waals surface area contributed by atoms with Crippen LogP contribution in [0.3, 0.4) is 0 Å². The Morgan fingerprint density at radius 1 is 1.28 bits per heavy atom. The van der Waals surface area contributed by atoms with E-state index in [1.807, 2.05) is 4.57 Å². The van der Waals surface area contributed by atoms with Crippen molar-refractivity contribution >= 4 is 22.6 Å². The Labute approximate surface area is 176 Å². The Bertz CT molecular complexity index is 973. The Morgan fingerprint density at radius 3 is 2.59 bits per heavy atom. The minimum absolute atomic E-state index is 0.118. The molecule has 0 atom stereocenters. The van der Waals surface area contributed by atoms with Gasteiger partial charge >= 0.3 is 5.69 Å². The highest BCUT2D eigenvalue weighted by atomic mass is 35.5. The second kappa shape index (κ2) is 8.14. The van der Waals surface area contributed by atoms with Gasteiger partial charge in [-0.2, -0.15) is 5.26 Å². The Morgan fingerprint density at radius 2 is 1.97 bits per heavy atom. The maximum absolute atomic E-state index is 12.6. The van der Waals surface area contributed by atoms with Crippen molar-refractivity contribution in [1.82, 2.24) is 14.5 Å². The van der Waals surface area contributed by atoms with E-state index in [2.05, 4.69) is 29.8 Å². The monoisotopic (exact) mass is 416 g/mol. The largest absolute Gasteiger partial charge is 0.379 e. The van der Waals surface area contributed by atoms with Gasteiger partial charge in [-0.3, -0.25) is 9.47 Å². The zero-order valence-electron chi connectivity index (χ0n) is 17.2. The molecule has 7 heteroatoms. The van der Waals surface area contributed by atoms with Crippen molar-refractivity contribution < 1.29 is 4.74 Å². The number of benzene rings is 1. The molecular formula is C22H29ClN4O2. The van der Waals surface area contributed by atoms with E-state index < -0.39 is 0 Å². The summed E-state index contributed by atoms with van der Waals surface area (Å²) in [5, 5.41) is 9.67. The second-order valence-corrected chi connectivity index (χ2v) is 9.04. The number of ether oxygens (including phenoxy) is 1. The summed E-state index contributed by atoms with van der Waals surface area (Å²) in [6.45, 7) is 7.22. The molecule has 2 aromatic rings. The first-order valence-electron chi connectivity index (χ1n) is 10.7. The number of imidazole rings is 1. The lowest BCUT2D eigenvalue weighted by Crippen LogP contribution is -2.53. The Kier molecular flexibility index (Phi) is 5.74. The van der Waals surface area contributed by atoms with E-state index in [-0.39, 0.29) is 17.3 Å². The number of nitrogens with one attached hydrogen (secondary N) is 1. The number of nitriles is 1. The summed E-state index contributed by atoms with van der Waals surface area (Å²) < 4.78 is 7.65. The number of aromatic nitrogens is 2. The summed E-state index contributed by atoms with van der Waals surface area (Å²) in [4.78, 5) is 18.2. The lowest BCUT2D eigenvalue weighted by Gasteiger charge is -2.48. The zero-order chi connectivity index (χ0) is 20.6. The van der Waals surface area contributed by atoms with Gasteiger partial charge in [0.05, 0.1) is 27.7 Å². The van der Waals surface area contributed by atoms with Gasteiger partial charge in [0.2, 0.25) is 0 Å². The quantitative estimate of drug-likeness (QED) is 0.809. The molecular weight excluding hydrogens is 388 g/mol. The van der Waals surface area contributed by atoms with Crippen LogP contribution in [-0.4, -0.2) is 45.8 Å². The fraction of sp³-hybridized carbons (Fsp3) is 0.636. The number of likely N-dealkylation sites (tertiary alicyclic amines) is 1. The van der Waals surface area contributed by atoms with Gasteiger partial charge in [-0.15, -0.1) is 0 Å². The number of aromatic amines is 1. The molecule has 6 nitrogen and oxygen atoms in total. The van der Waals surface area contributed by atoms with Crippen molar-refractivity contribution in [2.45, 2.75) is 70.1 Å². The maximum Gasteiger partial charge on any atom is 0.326 e. The summed E-state index contributed by atoms with van der Waals surface area (Å²) in [6.07, 6.45) is 6.87. The average molecular weight is 417 g/mol. The summed E-state index contributed by atoms with van der Waals surface area (Å²) in [6, 6.07) is 5.67. The van der Waals surface area contributed by atoms with E-state index >= 15 is 0 Å². The lowest BCUT2D eigenvalue weighted by atomic mass is 9.79. The number of hydrogen-bond donors (Lipinski definition) is 1. The van der Waals surface area contributed by atoms with Crippen LogP contribution in [0.5, 0.6) is 0 Å². The highest BCUT2D eigenvalue weighted by Gasteiger charge is 2.38. The topological polar surface area (TPSA) is 74.0 Å². The number of rotatable bonds is 4. The van der Waals surface area contributed by atoms with Gasteiger partial charge in [0.1, 0.15) is 6.07 Å². The normalized spacial score (nSPS) is 26.6. The third-order valence-corrected chi connectivity index (χ3v) is 7.24. The van der Waals surface area contributed by atoms with Crippen LogP contribution >= 0.6 is 11.6 Å². The summed E-state index contributed by atoms with van der Waals surface area (Å²) in [7, 11) is 0. The highest BCUT2D eigenvalue weighted by Crippen LogP contribution is 2.38. The van der Waals surface area contributed by atoms with E-state index in [4.69, 9.17) is 16.3 Å². The molecule has 1 aromatic carbocycles. The number of H-pyrrole nitrogens is 1. The second-order valence-electron chi connectivity index (χ2n) is 8.63. The van der Waals surface area contributed by atoms with Gasteiger partial charge in [-0.05, 0) is 64.5 Å². The summed E-state index contributed by atoms with van der Waals surface area (Å²) in [5.74, 6) is 0. The van der Waals surface area contributed by atoms with Crippen molar-refractivity contribution in [3.8, 4) is 6.07 Å². The average Bonchev–Trinajstić information content (AvgIpc) is 3.04. The molecule has 1 aromatic heterocycles. The summed E-state index contributed by atoms with van der Waals surface area (Å²) >= 11 is 6.13. The van der Waals surface area contributed by atoms with Gasteiger partial charge in [0, 0.05) is 31.3 Å². The third-order valence-electron chi connectivity index (χ3n) is 6.93. The van der Waals surface area contributed by atoms with Crippen molar-refractivity contribution in [3.05, 3.63) is 33.2 Å².